The first-order valence-electron chi connectivity index (χ1n) is 8.20. The van der Waals surface area contributed by atoms with Gasteiger partial charge in [-0.05, 0) is 43.0 Å². The first-order valence-corrected chi connectivity index (χ1v) is 8.57. The third-order valence-corrected chi connectivity index (χ3v) is 4.09. The van der Waals surface area contributed by atoms with Gasteiger partial charge in [-0.25, -0.2) is 5.43 Å². The zero-order valence-corrected chi connectivity index (χ0v) is 15.7. The Balaban J connectivity index is 1.99. The van der Waals surface area contributed by atoms with Crippen molar-refractivity contribution in [2.75, 3.05) is 6.61 Å². The van der Waals surface area contributed by atoms with Gasteiger partial charge in [-0.1, -0.05) is 55.8 Å². The molecule has 0 aliphatic rings. The highest BCUT2D eigenvalue weighted by molar-refractivity contribution is 6.34. The van der Waals surface area contributed by atoms with E-state index in [1.807, 2.05) is 43.3 Å². The first kappa shape index (κ1) is 19.0. The Morgan fingerprint density at radius 3 is 2.64 bits per heavy atom. The second-order valence-electron chi connectivity index (χ2n) is 6.20. The fourth-order valence-corrected chi connectivity index (χ4v) is 2.65. The molecule has 0 bridgehead atoms. The molecule has 0 radical (unpaired) electrons. The van der Waals surface area contributed by atoms with Crippen LogP contribution in [0.4, 0.5) is 0 Å². The summed E-state index contributed by atoms with van der Waals surface area (Å²) in [5.74, 6) is 0.735. The van der Waals surface area contributed by atoms with Crippen LogP contribution in [0.5, 0.6) is 5.75 Å². The minimum absolute atomic E-state index is 0.0948. The number of nitrogens with zero attached hydrogens (tertiary/aromatic N) is 1. The lowest BCUT2D eigenvalue weighted by Crippen LogP contribution is -2.26. The highest BCUT2D eigenvalue weighted by atomic mass is 35.5. The predicted molar refractivity (Wildman–Crippen MR) is 103 cm³/mol. The maximum Gasteiger partial charge on any atom is 0.277 e. The molecule has 0 saturated heterocycles. The molecule has 1 N–H and O–H groups in total. The number of hydrazone groups is 1. The molecule has 0 spiro atoms. The lowest BCUT2D eigenvalue weighted by Gasteiger charge is -2.14. The van der Waals surface area contributed by atoms with Gasteiger partial charge in [-0.3, -0.25) is 4.79 Å². The molecule has 0 aliphatic carbocycles. The molecule has 2 aromatic rings. The lowest BCUT2D eigenvalue weighted by atomic mass is 10.0. The van der Waals surface area contributed by atoms with Gasteiger partial charge in [0.15, 0.2) is 6.61 Å². The van der Waals surface area contributed by atoms with Crippen LogP contribution >= 0.6 is 11.6 Å². The molecule has 0 unspecified atom stereocenters. The van der Waals surface area contributed by atoms with Crippen molar-refractivity contribution in [1.82, 2.24) is 5.43 Å². The Hall–Kier alpha value is -2.33. The van der Waals surface area contributed by atoms with Crippen molar-refractivity contribution < 1.29 is 9.53 Å². The summed E-state index contributed by atoms with van der Waals surface area (Å²) < 4.78 is 5.70. The number of carbonyl (C=O) groups excluding carboxylic acids is 1. The summed E-state index contributed by atoms with van der Waals surface area (Å²) in [4.78, 5) is 12.0. The summed E-state index contributed by atoms with van der Waals surface area (Å²) in [6, 6.07) is 13.4. The fourth-order valence-electron chi connectivity index (χ4n) is 2.38. The number of benzene rings is 2. The normalized spacial score (nSPS) is 11.5. The highest BCUT2D eigenvalue weighted by Gasteiger charge is 2.10. The van der Waals surface area contributed by atoms with E-state index in [2.05, 4.69) is 24.4 Å². The summed E-state index contributed by atoms with van der Waals surface area (Å²) in [7, 11) is 0. The summed E-state index contributed by atoms with van der Waals surface area (Å²) in [6.45, 7) is 7.88. The van der Waals surface area contributed by atoms with E-state index in [4.69, 9.17) is 16.3 Å². The van der Waals surface area contributed by atoms with Gasteiger partial charge in [0.1, 0.15) is 5.75 Å². The largest absolute Gasteiger partial charge is 0.483 e. The monoisotopic (exact) mass is 358 g/mol. The van der Waals surface area contributed by atoms with Gasteiger partial charge in [0.2, 0.25) is 0 Å². The van der Waals surface area contributed by atoms with Crippen LogP contribution in [0.1, 0.15) is 43.4 Å². The Morgan fingerprint density at radius 2 is 1.96 bits per heavy atom. The molecule has 0 aromatic heterocycles. The number of hydrogen-bond acceptors (Lipinski definition) is 3. The molecule has 0 heterocycles. The smallest absolute Gasteiger partial charge is 0.277 e. The van der Waals surface area contributed by atoms with E-state index in [0.29, 0.717) is 16.7 Å². The molecular weight excluding hydrogens is 336 g/mol. The third kappa shape index (κ3) is 5.33. The minimum Gasteiger partial charge on any atom is -0.483 e. The Labute approximate surface area is 153 Å². The molecule has 132 valence electrons. The van der Waals surface area contributed by atoms with Crippen LogP contribution in [0.3, 0.4) is 0 Å². The molecule has 2 rings (SSSR count). The Kier molecular flexibility index (Phi) is 6.59. The standard InChI is InChI=1S/C20H23ClN2O2/c1-13(2)16-10-9-14(3)11-19(16)25-12-20(24)23-22-15(4)17-7-5-6-8-18(17)21/h5-11,13H,12H2,1-4H3,(H,23,24). The van der Waals surface area contributed by atoms with Crippen LogP contribution in [0, 0.1) is 6.92 Å². The van der Waals surface area contributed by atoms with Crippen molar-refractivity contribution in [3.8, 4) is 5.75 Å². The summed E-state index contributed by atoms with van der Waals surface area (Å²) in [5.41, 5.74) is 6.10. The molecule has 0 saturated carbocycles. The van der Waals surface area contributed by atoms with Gasteiger partial charge < -0.3 is 4.74 Å². The average Bonchev–Trinajstić information content (AvgIpc) is 2.58. The molecule has 5 heteroatoms. The van der Waals surface area contributed by atoms with Gasteiger partial charge in [0.05, 0.1) is 5.71 Å². The van der Waals surface area contributed by atoms with E-state index in [1.165, 1.54) is 0 Å². The number of carbonyl (C=O) groups is 1. The van der Waals surface area contributed by atoms with Gasteiger partial charge in [-0.15, -0.1) is 0 Å². The molecule has 4 nitrogen and oxygen atoms in total. The summed E-state index contributed by atoms with van der Waals surface area (Å²) in [5, 5.41) is 4.69. The quantitative estimate of drug-likeness (QED) is 0.601. The van der Waals surface area contributed by atoms with Crippen molar-refractivity contribution in [2.24, 2.45) is 5.10 Å². The van der Waals surface area contributed by atoms with Crippen molar-refractivity contribution >= 4 is 23.2 Å². The summed E-state index contributed by atoms with van der Waals surface area (Å²) >= 11 is 6.12. The van der Waals surface area contributed by atoms with Crippen molar-refractivity contribution in [3.05, 3.63) is 64.2 Å². The van der Waals surface area contributed by atoms with E-state index in [0.717, 1.165) is 22.4 Å². The Morgan fingerprint density at radius 1 is 1.24 bits per heavy atom. The van der Waals surface area contributed by atoms with E-state index in [-0.39, 0.29) is 12.5 Å². The Bertz CT molecular complexity index is 785. The van der Waals surface area contributed by atoms with E-state index >= 15 is 0 Å². The van der Waals surface area contributed by atoms with Gasteiger partial charge in [0, 0.05) is 10.6 Å². The minimum atomic E-state index is -0.317. The first-order chi connectivity index (χ1) is 11.9. The van der Waals surface area contributed by atoms with E-state index in [9.17, 15) is 4.79 Å². The number of halogens is 1. The van der Waals surface area contributed by atoms with E-state index < -0.39 is 0 Å². The number of nitrogens with one attached hydrogen (secondary N) is 1. The fraction of sp³-hybridized carbons (Fsp3) is 0.300. The molecule has 2 aromatic carbocycles. The molecule has 0 atom stereocenters. The molecule has 0 fully saturated rings. The molecule has 0 aliphatic heterocycles. The number of aryl methyl sites for hydroxylation is 1. The number of amides is 1. The highest BCUT2D eigenvalue weighted by Crippen LogP contribution is 2.27. The molecular formula is C20H23ClN2O2. The van der Waals surface area contributed by atoms with Crippen molar-refractivity contribution in [1.29, 1.82) is 0 Å². The van der Waals surface area contributed by atoms with Crippen LogP contribution in [0.2, 0.25) is 5.02 Å². The SMILES string of the molecule is CC(=NNC(=O)COc1cc(C)ccc1C(C)C)c1ccccc1Cl. The van der Waals surface area contributed by atoms with Crippen LogP contribution in [-0.4, -0.2) is 18.2 Å². The number of rotatable bonds is 6. The summed E-state index contributed by atoms with van der Waals surface area (Å²) in [6.07, 6.45) is 0. The van der Waals surface area contributed by atoms with E-state index in [1.54, 1.807) is 13.0 Å². The predicted octanol–water partition coefficient (Wildman–Crippen LogP) is 4.69. The van der Waals surface area contributed by atoms with Crippen molar-refractivity contribution in [2.45, 2.75) is 33.6 Å². The van der Waals surface area contributed by atoms with Crippen LogP contribution in [0.25, 0.3) is 0 Å². The van der Waals surface area contributed by atoms with Crippen molar-refractivity contribution in [3.63, 3.8) is 0 Å². The zero-order valence-electron chi connectivity index (χ0n) is 15.0. The third-order valence-electron chi connectivity index (χ3n) is 3.76. The van der Waals surface area contributed by atoms with Gasteiger partial charge >= 0.3 is 0 Å². The topological polar surface area (TPSA) is 50.7 Å². The lowest BCUT2D eigenvalue weighted by molar-refractivity contribution is -0.123. The van der Waals surface area contributed by atoms with Gasteiger partial charge in [-0.2, -0.15) is 5.10 Å². The second kappa shape index (κ2) is 8.67. The number of hydrogen-bond donors (Lipinski definition) is 1. The maximum atomic E-state index is 12.0. The van der Waals surface area contributed by atoms with Crippen LogP contribution in [0.15, 0.2) is 47.6 Å². The second-order valence-corrected chi connectivity index (χ2v) is 6.60. The maximum absolute atomic E-state index is 12.0. The zero-order chi connectivity index (χ0) is 18.4. The molecule has 25 heavy (non-hydrogen) atoms. The van der Waals surface area contributed by atoms with Gasteiger partial charge in [0.25, 0.3) is 5.91 Å². The average molecular weight is 359 g/mol. The number of ether oxygens (including phenoxy) is 1. The van der Waals surface area contributed by atoms with Crippen LogP contribution < -0.4 is 10.2 Å². The molecule has 1 amide bonds. The van der Waals surface area contributed by atoms with Crippen LogP contribution in [-0.2, 0) is 4.79 Å².